The molecule has 0 fully saturated rings. The molecule has 26 heavy (non-hydrogen) atoms. The summed E-state index contributed by atoms with van der Waals surface area (Å²) in [6.07, 6.45) is 0. The molecular formula is C25H18Se. The molecule has 2 bridgehead atoms. The van der Waals surface area contributed by atoms with Crippen LogP contribution in [0.5, 0.6) is 0 Å². The van der Waals surface area contributed by atoms with Gasteiger partial charge in [0.15, 0.2) is 0 Å². The van der Waals surface area contributed by atoms with Gasteiger partial charge in [-0.25, -0.2) is 0 Å². The SMILES string of the molecule is c1ccc2c(c1)C1[Se]C(c3cccc4ccccc34)C2c2ccccc21. The van der Waals surface area contributed by atoms with Gasteiger partial charge in [0.2, 0.25) is 0 Å². The van der Waals surface area contributed by atoms with Gasteiger partial charge in [0.05, 0.1) is 0 Å². The fourth-order valence-corrected chi connectivity index (χ4v) is 8.67. The maximum atomic E-state index is 2.38. The van der Waals surface area contributed by atoms with Gasteiger partial charge in [0.25, 0.3) is 0 Å². The Morgan fingerprint density at radius 3 is 1.77 bits per heavy atom. The first-order chi connectivity index (χ1) is 12.9. The zero-order chi connectivity index (χ0) is 17.1. The Morgan fingerprint density at radius 1 is 0.500 bits per heavy atom. The minimum atomic E-state index is 0.498. The summed E-state index contributed by atoms with van der Waals surface area (Å²) in [6, 6.07) is 34.1. The average Bonchev–Trinajstić information content (AvgIpc) is 2.73. The molecule has 0 amide bonds. The first-order valence-corrected chi connectivity index (χ1v) is 11.2. The zero-order valence-corrected chi connectivity index (χ0v) is 16.0. The van der Waals surface area contributed by atoms with Crippen molar-refractivity contribution in [3.05, 3.63) is 119 Å². The van der Waals surface area contributed by atoms with E-state index >= 15 is 0 Å². The minimum absolute atomic E-state index is 0.498. The number of hydrogen-bond donors (Lipinski definition) is 0. The number of benzene rings is 4. The molecule has 3 aliphatic rings. The van der Waals surface area contributed by atoms with E-state index < -0.39 is 0 Å². The molecular weight excluding hydrogens is 379 g/mol. The van der Waals surface area contributed by atoms with Crippen molar-refractivity contribution < 1.29 is 0 Å². The number of fused-ring (bicyclic) bond motifs is 2. The standard InChI is InChI=1S/C25H18Se/c1-2-10-17-16(8-1)9-7-15-20(17)25-23-18-11-3-5-13-21(18)24(26-25)22-14-6-4-12-19(22)23/h1-15,23-25H. The third kappa shape index (κ3) is 1.96. The van der Waals surface area contributed by atoms with Crippen LogP contribution in [0.3, 0.4) is 0 Å². The zero-order valence-electron chi connectivity index (χ0n) is 14.3. The third-order valence-corrected chi connectivity index (χ3v) is 9.30. The summed E-state index contributed by atoms with van der Waals surface area (Å²) in [6.45, 7) is 0. The molecule has 4 aromatic rings. The predicted octanol–water partition coefficient (Wildman–Crippen LogP) is 5.83. The molecule has 0 N–H and O–H groups in total. The van der Waals surface area contributed by atoms with Gasteiger partial charge in [-0.1, -0.05) is 0 Å². The van der Waals surface area contributed by atoms with E-state index in [2.05, 4.69) is 91.0 Å². The van der Waals surface area contributed by atoms with Crippen molar-refractivity contribution in [3.63, 3.8) is 0 Å². The molecule has 1 unspecified atom stereocenters. The third-order valence-electron chi connectivity index (χ3n) is 5.94. The van der Waals surface area contributed by atoms with Crippen LogP contribution in [0.4, 0.5) is 0 Å². The first kappa shape index (κ1) is 14.8. The van der Waals surface area contributed by atoms with Crippen molar-refractivity contribution in [1.82, 2.24) is 0 Å². The van der Waals surface area contributed by atoms with Crippen LogP contribution in [0.1, 0.15) is 43.4 Å². The van der Waals surface area contributed by atoms with Crippen LogP contribution < -0.4 is 0 Å². The molecule has 0 aromatic heterocycles. The molecule has 0 saturated heterocycles. The van der Waals surface area contributed by atoms with Crippen molar-refractivity contribution in [3.8, 4) is 0 Å². The van der Waals surface area contributed by atoms with Crippen LogP contribution in [-0.4, -0.2) is 15.0 Å². The van der Waals surface area contributed by atoms with Crippen LogP contribution in [0.2, 0.25) is 0 Å². The van der Waals surface area contributed by atoms with E-state index in [-0.39, 0.29) is 0 Å². The van der Waals surface area contributed by atoms with Crippen molar-refractivity contribution in [1.29, 1.82) is 0 Å². The van der Waals surface area contributed by atoms with Crippen LogP contribution in [0.15, 0.2) is 91.0 Å². The van der Waals surface area contributed by atoms with Gasteiger partial charge in [-0.15, -0.1) is 0 Å². The summed E-state index contributed by atoms with van der Waals surface area (Å²) in [5, 5.41) is 2.80. The summed E-state index contributed by atoms with van der Waals surface area (Å²) >= 11 is 0.525. The fraction of sp³-hybridized carbons (Fsp3) is 0.120. The molecule has 124 valence electrons. The maximum absolute atomic E-state index is 2.38. The van der Waals surface area contributed by atoms with Crippen molar-refractivity contribution in [2.45, 2.75) is 15.6 Å². The van der Waals surface area contributed by atoms with Gasteiger partial charge in [-0.2, -0.15) is 0 Å². The van der Waals surface area contributed by atoms with Gasteiger partial charge in [-0.05, 0) is 0 Å². The number of rotatable bonds is 1. The Hall–Kier alpha value is -2.34. The summed E-state index contributed by atoms with van der Waals surface area (Å²) in [5.74, 6) is 0.498. The molecule has 2 aliphatic heterocycles. The molecule has 1 heteroatoms. The van der Waals surface area contributed by atoms with Gasteiger partial charge in [0, 0.05) is 0 Å². The quantitative estimate of drug-likeness (QED) is 0.354. The van der Waals surface area contributed by atoms with E-state index in [4.69, 9.17) is 0 Å². The van der Waals surface area contributed by atoms with E-state index in [0.717, 1.165) is 0 Å². The Labute approximate surface area is 160 Å². The van der Waals surface area contributed by atoms with E-state index in [1.165, 1.54) is 10.8 Å². The van der Waals surface area contributed by atoms with Gasteiger partial charge in [0.1, 0.15) is 0 Å². The van der Waals surface area contributed by atoms with Crippen LogP contribution in [0.25, 0.3) is 10.8 Å². The first-order valence-electron chi connectivity index (χ1n) is 9.22. The average molecular weight is 397 g/mol. The monoisotopic (exact) mass is 398 g/mol. The van der Waals surface area contributed by atoms with Crippen molar-refractivity contribution in [2.24, 2.45) is 0 Å². The summed E-state index contributed by atoms with van der Waals surface area (Å²) < 4.78 is 0. The second-order valence-electron chi connectivity index (χ2n) is 7.24. The molecule has 2 heterocycles. The molecule has 0 saturated carbocycles. The molecule has 0 radical (unpaired) electrons. The fourth-order valence-electron chi connectivity index (χ4n) is 4.85. The second-order valence-corrected chi connectivity index (χ2v) is 9.87. The molecule has 0 spiro atoms. The van der Waals surface area contributed by atoms with Gasteiger partial charge >= 0.3 is 160 Å². The van der Waals surface area contributed by atoms with E-state index in [1.807, 2.05) is 0 Å². The van der Waals surface area contributed by atoms with Gasteiger partial charge in [-0.3, -0.25) is 0 Å². The van der Waals surface area contributed by atoms with E-state index in [0.29, 0.717) is 30.5 Å². The second kappa shape index (κ2) is 5.58. The summed E-state index contributed by atoms with van der Waals surface area (Å²) in [7, 11) is 0. The Balaban J connectivity index is 1.63. The van der Waals surface area contributed by atoms with Crippen LogP contribution in [-0.2, 0) is 0 Å². The predicted molar refractivity (Wildman–Crippen MR) is 109 cm³/mol. The molecule has 1 atom stereocenters. The molecule has 4 aromatic carbocycles. The Morgan fingerprint density at radius 2 is 1.04 bits per heavy atom. The van der Waals surface area contributed by atoms with Crippen LogP contribution in [0, 0.1) is 0 Å². The summed E-state index contributed by atoms with van der Waals surface area (Å²) in [5.41, 5.74) is 7.81. The molecule has 7 rings (SSSR count). The normalized spacial score (nSPS) is 22.8. The van der Waals surface area contributed by atoms with E-state index in [9.17, 15) is 0 Å². The van der Waals surface area contributed by atoms with Gasteiger partial charge < -0.3 is 0 Å². The number of hydrogen-bond acceptors (Lipinski definition) is 0. The molecule has 0 nitrogen and oxygen atoms in total. The van der Waals surface area contributed by atoms with E-state index in [1.54, 1.807) is 27.8 Å². The topological polar surface area (TPSA) is 0 Å². The van der Waals surface area contributed by atoms with Crippen molar-refractivity contribution >= 4 is 25.7 Å². The summed E-state index contributed by atoms with van der Waals surface area (Å²) in [4.78, 5) is 1.20. The Bertz CT molecular complexity index is 1090. The Kier molecular flexibility index (Phi) is 3.17. The molecule has 1 aliphatic carbocycles. The van der Waals surface area contributed by atoms with Crippen molar-refractivity contribution in [2.75, 3.05) is 0 Å². The van der Waals surface area contributed by atoms with Crippen LogP contribution >= 0.6 is 0 Å².